The molecule has 0 spiro atoms. The zero-order chi connectivity index (χ0) is 12.4. The van der Waals surface area contributed by atoms with Gasteiger partial charge >= 0.3 is 0 Å². The topological polar surface area (TPSA) is 18.5 Å². The van der Waals surface area contributed by atoms with Crippen LogP contribution in [0.4, 0.5) is 0 Å². The molecule has 1 saturated heterocycles. The number of hydrogen-bond donors (Lipinski definition) is 0. The van der Waals surface area contributed by atoms with E-state index in [1.165, 1.54) is 0 Å². The second-order valence-electron chi connectivity index (χ2n) is 4.27. The molecule has 3 rings (SSSR count). The first-order chi connectivity index (χ1) is 8.84. The maximum Gasteiger partial charge on any atom is 0.273 e. The Kier molecular flexibility index (Phi) is 2.77. The van der Waals surface area contributed by atoms with Crippen LogP contribution in [0.25, 0.3) is 0 Å². The molecule has 18 heavy (non-hydrogen) atoms. The summed E-state index contributed by atoms with van der Waals surface area (Å²) in [5.41, 5.74) is 2.20. The van der Waals surface area contributed by atoms with Crippen LogP contribution in [0.1, 0.15) is 23.3 Å². The Bertz CT molecular complexity index is 484. The van der Waals surface area contributed by atoms with Gasteiger partial charge in [-0.15, -0.1) is 0 Å². The Balaban J connectivity index is 1.96. The molecule has 0 saturated carbocycles. The molecule has 2 aromatic carbocycles. The summed E-state index contributed by atoms with van der Waals surface area (Å²) >= 11 is 0. The first kappa shape index (κ1) is 10.9. The van der Waals surface area contributed by atoms with E-state index in [2.05, 4.69) is 6.58 Å². The SMILES string of the molecule is C=C1O[C@H](c2ccccc2)[C@@H](c2ccccc2)O1. The van der Waals surface area contributed by atoms with Crippen LogP contribution in [-0.4, -0.2) is 0 Å². The third-order valence-electron chi connectivity index (χ3n) is 3.05. The second-order valence-corrected chi connectivity index (χ2v) is 4.27. The summed E-state index contributed by atoms with van der Waals surface area (Å²) in [5.74, 6) is 0.387. The van der Waals surface area contributed by atoms with Crippen molar-refractivity contribution in [3.8, 4) is 0 Å². The molecule has 2 atom stereocenters. The molecular formula is C16H14O2. The fraction of sp³-hybridized carbons (Fsp3) is 0.125. The first-order valence-corrected chi connectivity index (χ1v) is 5.97. The molecular weight excluding hydrogens is 224 g/mol. The van der Waals surface area contributed by atoms with Crippen LogP contribution in [-0.2, 0) is 9.47 Å². The molecule has 1 heterocycles. The minimum absolute atomic E-state index is 0.124. The van der Waals surface area contributed by atoms with Gasteiger partial charge in [0.2, 0.25) is 0 Å². The number of rotatable bonds is 2. The lowest BCUT2D eigenvalue weighted by molar-refractivity contribution is 0.142. The van der Waals surface area contributed by atoms with Crippen molar-refractivity contribution >= 4 is 0 Å². The number of hydrogen-bond acceptors (Lipinski definition) is 2. The molecule has 0 bridgehead atoms. The molecule has 0 N–H and O–H groups in total. The van der Waals surface area contributed by atoms with Crippen LogP contribution in [0, 0.1) is 0 Å². The second kappa shape index (κ2) is 4.57. The molecule has 2 heteroatoms. The Hall–Kier alpha value is -2.22. The Morgan fingerprint density at radius 1 is 0.667 bits per heavy atom. The largest absolute Gasteiger partial charge is 0.453 e. The normalized spacial score (nSPS) is 22.3. The molecule has 2 nitrogen and oxygen atoms in total. The van der Waals surface area contributed by atoms with Crippen LogP contribution in [0.5, 0.6) is 0 Å². The van der Waals surface area contributed by atoms with E-state index < -0.39 is 0 Å². The van der Waals surface area contributed by atoms with E-state index in [1.54, 1.807) is 0 Å². The van der Waals surface area contributed by atoms with Crippen LogP contribution in [0.3, 0.4) is 0 Å². The smallest absolute Gasteiger partial charge is 0.273 e. The molecule has 1 aliphatic rings. The lowest BCUT2D eigenvalue weighted by Gasteiger charge is -2.16. The minimum atomic E-state index is -0.124. The molecule has 2 aromatic rings. The van der Waals surface area contributed by atoms with Crippen molar-refractivity contribution in [2.24, 2.45) is 0 Å². The fourth-order valence-electron chi connectivity index (χ4n) is 2.21. The molecule has 90 valence electrons. The van der Waals surface area contributed by atoms with E-state index in [4.69, 9.17) is 9.47 Å². The van der Waals surface area contributed by atoms with Gasteiger partial charge in [-0.25, -0.2) is 0 Å². The van der Waals surface area contributed by atoms with Crippen molar-refractivity contribution in [3.63, 3.8) is 0 Å². The van der Waals surface area contributed by atoms with Crippen LogP contribution in [0.15, 0.2) is 73.2 Å². The Labute approximate surface area is 106 Å². The van der Waals surface area contributed by atoms with Gasteiger partial charge in [0.15, 0.2) is 12.2 Å². The number of ether oxygens (including phenoxy) is 2. The zero-order valence-corrected chi connectivity index (χ0v) is 9.95. The quantitative estimate of drug-likeness (QED) is 0.787. The van der Waals surface area contributed by atoms with Gasteiger partial charge in [0, 0.05) is 0 Å². The summed E-state index contributed by atoms with van der Waals surface area (Å²) in [5, 5.41) is 0. The lowest BCUT2D eigenvalue weighted by atomic mass is 9.99. The highest BCUT2D eigenvalue weighted by Gasteiger charge is 2.35. The molecule has 0 radical (unpaired) electrons. The van der Waals surface area contributed by atoms with E-state index in [1.807, 2.05) is 60.7 Å². The molecule has 1 aliphatic heterocycles. The maximum absolute atomic E-state index is 5.70. The molecule has 0 unspecified atom stereocenters. The highest BCUT2D eigenvalue weighted by molar-refractivity contribution is 5.27. The van der Waals surface area contributed by atoms with Crippen molar-refractivity contribution in [1.29, 1.82) is 0 Å². The van der Waals surface area contributed by atoms with Gasteiger partial charge in [0.25, 0.3) is 5.95 Å². The van der Waals surface area contributed by atoms with E-state index in [9.17, 15) is 0 Å². The number of benzene rings is 2. The van der Waals surface area contributed by atoms with Crippen molar-refractivity contribution in [1.82, 2.24) is 0 Å². The monoisotopic (exact) mass is 238 g/mol. The van der Waals surface area contributed by atoms with Crippen molar-refractivity contribution in [2.45, 2.75) is 12.2 Å². The molecule has 1 fully saturated rings. The van der Waals surface area contributed by atoms with E-state index >= 15 is 0 Å². The molecule has 0 aromatic heterocycles. The summed E-state index contributed by atoms with van der Waals surface area (Å²) in [6, 6.07) is 20.2. The lowest BCUT2D eigenvalue weighted by Crippen LogP contribution is -2.06. The standard InChI is InChI=1S/C16H14O2/c1-12-17-15(13-8-4-2-5-9-13)16(18-12)14-10-6-3-7-11-14/h2-11,15-16H,1H2/t15-,16-/m1/s1. The first-order valence-electron chi connectivity index (χ1n) is 5.97. The third-order valence-corrected chi connectivity index (χ3v) is 3.05. The van der Waals surface area contributed by atoms with Gasteiger partial charge in [-0.2, -0.15) is 0 Å². The Morgan fingerprint density at radius 3 is 1.44 bits per heavy atom. The summed E-state index contributed by atoms with van der Waals surface area (Å²) in [6.07, 6.45) is -0.248. The van der Waals surface area contributed by atoms with Gasteiger partial charge in [0.1, 0.15) is 0 Å². The molecule has 0 amide bonds. The highest BCUT2D eigenvalue weighted by atomic mass is 16.7. The van der Waals surface area contributed by atoms with Gasteiger partial charge in [0.05, 0.1) is 0 Å². The van der Waals surface area contributed by atoms with Crippen LogP contribution >= 0.6 is 0 Å². The summed E-state index contributed by atoms with van der Waals surface area (Å²) in [7, 11) is 0. The van der Waals surface area contributed by atoms with Gasteiger partial charge < -0.3 is 9.47 Å². The van der Waals surface area contributed by atoms with Crippen molar-refractivity contribution in [2.75, 3.05) is 0 Å². The third kappa shape index (κ3) is 1.97. The Morgan fingerprint density at radius 2 is 1.06 bits per heavy atom. The average Bonchev–Trinajstić information content (AvgIpc) is 2.83. The molecule has 0 aliphatic carbocycles. The minimum Gasteiger partial charge on any atom is -0.453 e. The summed E-state index contributed by atoms with van der Waals surface area (Å²) in [4.78, 5) is 0. The average molecular weight is 238 g/mol. The maximum atomic E-state index is 5.70. The zero-order valence-electron chi connectivity index (χ0n) is 9.95. The van der Waals surface area contributed by atoms with Crippen LogP contribution < -0.4 is 0 Å². The van der Waals surface area contributed by atoms with Crippen LogP contribution in [0.2, 0.25) is 0 Å². The van der Waals surface area contributed by atoms with Gasteiger partial charge in [-0.3, -0.25) is 0 Å². The van der Waals surface area contributed by atoms with Crippen molar-refractivity contribution < 1.29 is 9.47 Å². The van der Waals surface area contributed by atoms with Crippen molar-refractivity contribution in [3.05, 3.63) is 84.3 Å². The fourth-order valence-corrected chi connectivity index (χ4v) is 2.21. The van der Waals surface area contributed by atoms with Gasteiger partial charge in [-0.1, -0.05) is 60.7 Å². The van der Waals surface area contributed by atoms with Gasteiger partial charge in [-0.05, 0) is 17.7 Å². The summed E-state index contributed by atoms with van der Waals surface area (Å²) in [6.45, 7) is 3.76. The van der Waals surface area contributed by atoms with E-state index in [0.717, 1.165) is 11.1 Å². The van der Waals surface area contributed by atoms with E-state index in [0.29, 0.717) is 5.95 Å². The predicted octanol–water partition coefficient (Wildman–Crippen LogP) is 3.99. The highest BCUT2D eigenvalue weighted by Crippen LogP contribution is 2.43. The predicted molar refractivity (Wildman–Crippen MR) is 69.7 cm³/mol. The summed E-state index contributed by atoms with van der Waals surface area (Å²) < 4.78 is 11.4. The van der Waals surface area contributed by atoms with E-state index in [-0.39, 0.29) is 12.2 Å².